The van der Waals surface area contributed by atoms with Crippen LogP contribution in [0.25, 0.3) is 0 Å². The van der Waals surface area contributed by atoms with E-state index in [0.717, 1.165) is 0 Å². The number of nitrogens with one attached hydrogen (secondary N) is 1. The molecule has 1 saturated carbocycles. The molecular formula is C23H29NO3. The first-order chi connectivity index (χ1) is 13.3. The quantitative estimate of drug-likeness (QED) is 0.650. The Bertz CT molecular complexity index is 711. The van der Waals surface area contributed by atoms with Crippen LogP contribution in [-0.4, -0.2) is 25.7 Å². The summed E-state index contributed by atoms with van der Waals surface area (Å²) in [6, 6.07) is 17.7. The van der Waals surface area contributed by atoms with Gasteiger partial charge in [0, 0.05) is 12.2 Å². The maximum atomic E-state index is 12.9. The molecule has 0 heterocycles. The van der Waals surface area contributed by atoms with Gasteiger partial charge in [-0.1, -0.05) is 49.2 Å². The molecule has 0 aromatic heterocycles. The molecule has 144 valence electrons. The van der Waals surface area contributed by atoms with E-state index in [0.29, 0.717) is 37.1 Å². The van der Waals surface area contributed by atoms with Gasteiger partial charge in [0.05, 0.1) is 12.6 Å². The number of carbonyl (C=O) groups is 1. The van der Waals surface area contributed by atoms with Gasteiger partial charge in [-0.2, -0.15) is 0 Å². The third kappa shape index (κ3) is 5.57. The molecule has 1 aliphatic rings. The van der Waals surface area contributed by atoms with Crippen LogP contribution in [0.1, 0.15) is 54.6 Å². The van der Waals surface area contributed by atoms with Crippen LogP contribution in [0.15, 0.2) is 54.6 Å². The molecule has 2 aromatic carbocycles. The Morgan fingerprint density at radius 3 is 2.59 bits per heavy atom. The molecule has 1 aliphatic carbocycles. The summed E-state index contributed by atoms with van der Waals surface area (Å²) in [5.41, 5.74) is 1.81. The molecule has 0 spiro atoms. The Balaban J connectivity index is 1.68. The van der Waals surface area contributed by atoms with Crippen LogP contribution in [0.3, 0.4) is 0 Å². The molecule has 0 aliphatic heterocycles. The first kappa shape index (κ1) is 19.4. The van der Waals surface area contributed by atoms with Crippen molar-refractivity contribution >= 4 is 5.91 Å². The zero-order valence-corrected chi connectivity index (χ0v) is 16.0. The smallest absolute Gasteiger partial charge is 0.251 e. The Kier molecular flexibility index (Phi) is 7.28. The van der Waals surface area contributed by atoms with Crippen molar-refractivity contribution in [2.24, 2.45) is 5.92 Å². The molecule has 0 radical (unpaired) electrons. The van der Waals surface area contributed by atoms with Gasteiger partial charge in [0.25, 0.3) is 5.91 Å². The number of hydrogen-bond acceptors (Lipinski definition) is 3. The van der Waals surface area contributed by atoms with Gasteiger partial charge < -0.3 is 14.8 Å². The molecule has 1 atom stereocenters. The highest BCUT2D eigenvalue weighted by atomic mass is 16.5. The summed E-state index contributed by atoms with van der Waals surface area (Å²) >= 11 is 0. The van der Waals surface area contributed by atoms with Crippen LogP contribution in [0.2, 0.25) is 0 Å². The highest BCUT2D eigenvalue weighted by molar-refractivity contribution is 5.94. The monoisotopic (exact) mass is 367 g/mol. The van der Waals surface area contributed by atoms with E-state index in [1.165, 1.54) is 31.2 Å². The lowest BCUT2D eigenvalue weighted by Crippen LogP contribution is -2.32. The van der Waals surface area contributed by atoms with Gasteiger partial charge in [-0.25, -0.2) is 0 Å². The minimum absolute atomic E-state index is 0.0500. The van der Waals surface area contributed by atoms with Crippen LogP contribution in [0.5, 0.6) is 5.75 Å². The van der Waals surface area contributed by atoms with Crippen LogP contribution in [0, 0.1) is 5.92 Å². The fourth-order valence-electron chi connectivity index (χ4n) is 3.74. The van der Waals surface area contributed by atoms with Gasteiger partial charge >= 0.3 is 0 Å². The average Bonchev–Trinajstić information content (AvgIpc) is 3.25. The molecule has 27 heavy (non-hydrogen) atoms. The molecule has 0 saturated heterocycles. The van der Waals surface area contributed by atoms with Crippen LogP contribution in [0.4, 0.5) is 0 Å². The van der Waals surface area contributed by atoms with E-state index in [1.807, 2.05) is 43.3 Å². The van der Waals surface area contributed by atoms with Gasteiger partial charge in [-0.15, -0.1) is 0 Å². The van der Waals surface area contributed by atoms with E-state index in [9.17, 15) is 4.79 Å². The van der Waals surface area contributed by atoms with Crippen molar-refractivity contribution in [3.63, 3.8) is 0 Å². The van der Waals surface area contributed by atoms with Crippen molar-refractivity contribution < 1.29 is 14.3 Å². The highest BCUT2D eigenvalue weighted by Gasteiger charge is 2.28. The van der Waals surface area contributed by atoms with E-state index < -0.39 is 0 Å². The number of ether oxygens (including phenoxy) is 2. The number of benzene rings is 2. The van der Waals surface area contributed by atoms with Crippen LogP contribution in [-0.2, 0) is 4.74 Å². The molecule has 1 N–H and O–H groups in total. The van der Waals surface area contributed by atoms with Crippen molar-refractivity contribution in [2.45, 2.75) is 38.6 Å². The van der Waals surface area contributed by atoms with Crippen molar-refractivity contribution in [2.75, 3.05) is 19.8 Å². The van der Waals surface area contributed by atoms with Crippen LogP contribution >= 0.6 is 0 Å². The Hall–Kier alpha value is -2.33. The van der Waals surface area contributed by atoms with Crippen molar-refractivity contribution in [3.05, 3.63) is 65.7 Å². The predicted molar refractivity (Wildman–Crippen MR) is 107 cm³/mol. The fraction of sp³-hybridized carbons (Fsp3) is 0.435. The second-order valence-corrected chi connectivity index (χ2v) is 6.98. The summed E-state index contributed by atoms with van der Waals surface area (Å²) in [5.74, 6) is 1.15. The number of amides is 1. The minimum Gasteiger partial charge on any atom is -0.491 e. The van der Waals surface area contributed by atoms with Crippen molar-refractivity contribution in [3.8, 4) is 5.75 Å². The number of hydrogen-bond donors (Lipinski definition) is 1. The van der Waals surface area contributed by atoms with E-state index in [1.54, 1.807) is 6.07 Å². The lowest BCUT2D eigenvalue weighted by molar-refractivity contribution is 0.0920. The molecule has 3 rings (SSSR count). The van der Waals surface area contributed by atoms with Gasteiger partial charge in [-0.05, 0) is 49.4 Å². The summed E-state index contributed by atoms with van der Waals surface area (Å²) in [5, 5.41) is 3.28. The van der Waals surface area contributed by atoms with E-state index in [4.69, 9.17) is 9.47 Å². The summed E-state index contributed by atoms with van der Waals surface area (Å²) in [6.45, 7) is 3.66. The zero-order chi connectivity index (χ0) is 18.9. The highest BCUT2D eigenvalue weighted by Crippen LogP contribution is 2.35. The first-order valence-corrected chi connectivity index (χ1v) is 9.94. The first-order valence-electron chi connectivity index (χ1n) is 9.94. The maximum Gasteiger partial charge on any atom is 0.251 e. The molecule has 0 bridgehead atoms. The molecule has 1 amide bonds. The Morgan fingerprint density at radius 1 is 1.07 bits per heavy atom. The summed E-state index contributed by atoms with van der Waals surface area (Å²) in [7, 11) is 0. The molecule has 4 nitrogen and oxygen atoms in total. The zero-order valence-electron chi connectivity index (χ0n) is 16.0. The Morgan fingerprint density at radius 2 is 1.85 bits per heavy atom. The molecule has 1 fully saturated rings. The van der Waals surface area contributed by atoms with Gasteiger partial charge in [0.2, 0.25) is 0 Å². The summed E-state index contributed by atoms with van der Waals surface area (Å²) in [6.07, 6.45) is 4.82. The normalized spacial score (nSPS) is 15.4. The maximum absolute atomic E-state index is 12.9. The SMILES string of the molecule is CCOCCOc1cccc(C(=O)N[C@@H](c2ccccc2)C2CCCC2)c1. The van der Waals surface area contributed by atoms with E-state index in [-0.39, 0.29) is 11.9 Å². The van der Waals surface area contributed by atoms with Crippen molar-refractivity contribution in [1.82, 2.24) is 5.32 Å². The number of rotatable bonds is 9. The van der Waals surface area contributed by atoms with Crippen molar-refractivity contribution in [1.29, 1.82) is 0 Å². The molecule has 4 heteroatoms. The third-order valence-corrected chi connectivity index (χ3v) is 5.11. The second-order valence-electron chi connectivity index (χ2n) is 6.98. The van der Waals surface area contributed by atoms with Gasteiger partial charge in [0.15, 0.2) is 0 Å². The minimum atomic E-state index is -0.0500. The predicted octanol–water partition coefficient (Wildman–Crippen LogP) is 4.76. The van der Waals surface area contributed by atoms with Gasteiger partial charge in [0.1, 0.15) is 12.4 Å². The molecular weight excluding hydrogens is 338 g/mol. The largest absolute Gasteiger partial charge is 0.491 e. The third-order valence-electron chi connectivity index (χ3n) is 5.11. The second kappa shape index (κ2) is 10.1. The topological polar surface area (TPSA) is 47.6 Å². The summed E-state index contributed by atoms with van der Waals surface area (Å²) < 4.78 is 11.0. The lowest BCUT2D eigenvalue weighted by atomic mass is 9.91. The standard InChI is InChI=1S/C23H29NO3/c1-2-26-15-16-27-21-14-8-13-20(17-21)23(25)24-22(19-11-6-7-12-19)18-9-4-3-5-10-18/h3-5,8-10,13-14,17,19,22H,2,6-7,11-12,15-16H2,1H3,(H,24,25)/t22-/m0/s1. The summed E-state index contributed by atoms with van der Waals surface area (Å²) in [4.78, 5) is 12.9. The lowest BCUT2D eigenvalue weighted by Gasteiger charge is -2.25. The average molecular weight is 367 g/mol. The molecule has 0 unspecified atom stereocenters. The van der Waals surface area contributed by atoms with Gasteiger partial charge in [-0.3, -0.25) is 4.79 Å². The molecule has 2 aromatic rings. The Labute approximate surface area is 161 Å². The van der Waals surface area contributed by atoms with E-state index >= 15 is 0 Å². The van der Waals surface area contributed by atoms with Crippen LogP contribution < -0.4 is 10.1 Å². The number of carbonyl (C=O) groups excluding carboxylic acids is 1. The fourth-order valence-corrected chi connectivity index (χ4v) is 3.74. The van der Waals surface area contributed by atoms with E-state index in [2.05, 4.69) is 17.4 Å².